The number of halogens is 5. The van der Waals surface area contributed by atoms with E-state index in [2.05, 4.69) is 14.7 Å². The molecule has 12 heteroatoms. The van der Waals surface area contributed by atoms with Gasteiger partial charge in [0.2, 0.25) is 12.3 Å². The number of aromatic nitrogens is 2. The van der Waals surface area contributed by atoms with Gasteiger partial charge >= 0.3 is 12.6 Å². The Kier molecular flexibility index (Phi) is 8.45. The molecule has 0 radical (unpaired) electrons. The van der Waals surface area contributed by atoms with Gasteiger partial charge in [-0.25, -0.2) is 23.1 Å². The van der Waals surface area contributed by atoms with Crippen molar-refractivity contribution in [1.82, 2.24) is 14.9 Å². The van der Waals surface area contributed by atoms with Gasteiger partial charge in [-0.2, -0.15) is 8.78 Å². The van der Waals surface area contributed by atoms with Gasteiger partial charge in [0.05, 0.1) is 17.2 Å². The van der Waals surface area contributed by atoms with Gasteiger partial charge < -0.3 is 9.84 Å². The second kappa shape index (κ2) is 10.9. The minimum atomic E-state index is -3.14. The molecule has 0 amide bonds. The Morgan fingerprint density at radius 2 is 2.03 bits per heavy atom. The lowest BCUT2D eigenvalue weighted by molar-refractivity contribution is -0.156. The van der Waals surface area contributed by atoms with E-state index in [0.717, 1.165) is 23.6 Å². The maximum Gasteiger partial charge on any atom is 0.388 e. The highest BCUT2D eigenvalue weighted by molar-refractivity contribution is 7.15. The van der Waals surface area contributed by atoms with Crippen LogP contribution in [0.4, 0.5) is 22.0 Å². The fraction of sp³-hybridized carbons (Fsp3) is 0.591. The fourth-order valence-corrected chi connectivity index (χ4v) is 5.30. The molecule has 0 aromatic carbocycles. The van der Waals surface area contributed by atoms with Crippen molar-refractivity contribution in [2.24, 2.45) is 17.3 Å². The van der Waals surface area contributed by atoms with E-state index in [1.54, 1.807) is 0 Å². The number of nitrogens with zero attached hydrogens (tertiary/aromatic N) is 3. The summed E-state index contributed by atoms with van der Waals surface area (Å²) < 4.78 is 69.4. The van der Waals surface area contributed by atoms with Gasteiger partial charge in [0.25, 0.3) is 0 Å². The lowest BCUT2D eigenvalue weighted by Crippen LogP contribution is -2.52. The quantitative estimate of drug-likeness (QED) is 0.426. The highest BCUT2D eigenvalue weighted by Gasteiger charge is 2.46. The summed E-state index contributed by atoms with van der Waals surface area (Å²) in [6.07, 6.45) is -0.623. The first-order chi connectivity index (χ1) is 16.0. The fourth-order valence-electron chi connectivity index (χ4n) is 4.33. The summed E-state index contributed by atoms with van der Waals surface area (Å²) >= 11 is 1.11. The van der Waals surface area contributed by atoms with Crippen molar-refractivity contribution in [2.45, 2.75) is 52.7 Å². The average molecular weight is 508 g/mol. The van der Waals surface area contributed by atoms with Crippen LogP contribution >= 0.6 is 11.3 Å². The number of carboxylic acid groups (broad SMARTS) is 1. The molecule has 2 unspecified atom stereocenters. The Hall–Kier alpha value is -2.34. The van der Waals surface area contributed by atoms with Crippen LogP contribution in [0.15, 0.2) is 18.5 Å². The van der Waals surface area contributed by atoms with Crippen LogP contribution in [0.2, 0.25) is 0 Å². The van der Waals surface area contributed by atoms with E-state index in [0.29, 0.717) is 24.4 Å². The van der Waals surface area contributed by atoms with Gasteiger partial charge in [-0.1, -0.05) is 13.8 Å². The second-order valence-electron chi connectivity index (χ2n) is 8.91. The number of carbonyl (C=O) groups is 1. The first-order valence-corrected chi connectivity index (χ1v) is 11.6. The van der Waals surface area contributed by atoms with Crippen molar-refractivity contribution >= 4 is 17.3 Å². The third kappa shape index (κ3) is 6.41. The predicted octanol–water partition coefficient (Wildman–Crippen LogP) is 5.54. The second-order valence-corrected chi connectivity index (χ2v) is 10.0. The Labute approximate surface area is 197 Å². The smallest absolute Gasteiger partial charge is 0.388 e. The van der Waals surface area contributed by atoms with Gasteiger partial charge in [0, 0.05) is 37.1 Å². The lowest BCUT2D eigenvalue weighted by atomic mass is 9.69. The van der Waals surface area contributed by atoms with Crippen molar-refractivity contribution < 1.29 is 36.6 Å². The highest BCUT2D eigenvalue weighted by atomic mass is 32.1. The molecule has 0 bridgehead atoms. The number of hydrogen-bond acceptors (Lipinski definition) is 6. The van der Waals surface area contributed by atoms with Gasteiger partial charge in [0.15, 0.2) is 0 Å². The van der Waals surface area contributed by atoms with Crippen molar-refractivity contribution in [3.05, 3.63) is 29.2 Å². The molecule has 0 aliphatic carbocycles. The molecule has 1 fully saturated rings. The minimum Gasteiger partial charge on any atom is -0.481 e. The number of piperidine rings is 1. The summed E-state index contributed by atoms with van der Waals surface area (Å²) in [4.78, 5) is 22.6. The molecule has 0 spiro atoms. The predicted molar refractivity (Wildman–Crippen MR) is 115 cm³/mol. The molecule has 1 aliphatic heterocycles. The summed E-state index contributed by atoms with van der Waals surface area (Å²) in [6.45, 7) is 1.77. The molecule has 2 aromatic rings. The Bertz CT molecular complexity index is 990. The number of ether oxygens (including phenoxy) is 1. The monoisotopic (exact) mass is 507 g/mol. The van der Waals surface area contributed by atoms with Crippen LogP contribution in [-0.2, 0) is 11.3 Å². The average Bonchev–Trinajstić information content (AvgIpc) is 3.21. The van der Waals surface area contributed by atoms with Crippen LogP contribution in [0.5, 0.6) is 5.88 Å². The van der Waals surface area contributed by atoms with E-state index < -0.39 is 42.5 Å². The zero-order chi connectivity index (χ0) is 25.0. The van der Waals surface area contributed by atoms with E-state index in [9.17, 15) is 31.9 Å². The first-order valence-electron chi connectivity index (χ1n) is 10.8. The summed E-state index contributed by atoms with van der Waals surface area (Å²) in [5, 5.41) is 10.2. The van der Waals surface area contributed by atoms with E-state index in [1.165, 1.54) is 6.20 Å². The standard InChI is InChI=1S/C22H26F5N3O3S/c1-12(2)13-6-22(20(31)32,4-3-17(24)25)11-30(9-13)10-15-8-29-19(34-15)16-5-14(23)7-28-18(16)33-21(26)27/h5,7-8,12-13,17,21H,3-4,6,9-11H2,1-2H3,(H,31,32). The van der Waals surface area contributed by atoms with Crippen LogP contribution in [0.3, 0.4) is 0 Å². The van der Waals surface area contributed by atoms with Crippen LogP contribution in [0.1, 0.15) is 38.0 Å². The maximum absolute atomic E-state index is 13.7. The van der Waals surface area contributed by atoms with Crippen molar-refractivity contribution in [3.8, 4) is 16.5 Å². The zero-order valence-electron chi connectivity index (χ0n) is 18.7. The van der Waals surface area contributed by atoms with Gasteiger partial charge in [-0.3, -0.25) is 9.69 Å². The van der Waals surface area contributed by atoms with Gasteiger partial charge in [-0.05, 0) is 30.7 Å². The molecule has 1 aliphatic rings. The number of likely N-dealkylation sites (tertiary alicyclic amines) is 1. The Morgan fingerprint density at radius 1 is 1.29 bits per heavy atom. The molecule has 1 saturated heterocycles. The number of thiazole rings is 1. The molecular formula is C22H26F5N3O3S. The molecule has 3 rings (SSSR count). The van der Waals surface area contributed by atoms with Crippen LogP contribution in [0.25, 0.3) is 10.6 Å². The topological polar surface area (TPSA) is 75.5 Å². The maximum atomic E-state index is 13.7. The number of carboxylic acids is 1. The van der Waals surface area contributed by atoms with E-state index in [4.69, 9.17) is 0 Å². The van der Waals surface area contributed by atoms with Gasteiger partial charge in [0.1, 0.15) is 10.8 Å². The minimum absolute atomic E-state index is 0.00613. The normalized spacial score (nSPS) is 21.5. The molecule has 2 atom stereocenters. The molecule has 1 N–H and O–H groups in total. The molecule has 0 saturated carbocycles. The summed E-state index contributed by atoms with van der Waals surface area (Å²) in [5.41, 5.74) is -1.31. The molecule has 6 nitrogen and oxygen atoms in total. The molecule has 2 aromatic heterocycles. The number of rotatable bonds is 10. The number of aliphatic carboxylic acids is 1. The first kappa shape index (κ1) is 26.3. The Balaban J connectivity index is 1.84. The number of pyridine rings is 1. The summed E-state index contributed by atoms with van der Waals surface area (Å²) in [6, 6.07) is 1.00. The van der Waals surface area contributed by atoms with Crippen molar-refractivity contribution in [3.63, 3.8) is 0 Å². The zero-order valence-corrected chi connectivity index (χ0v) is 19.5. The number of hydrogen-bond donors (Lipinski definition) is 1. The van der Waals surface area contributed by atoms with Crippen LogP contribution in [-0.4, -0.2) is 52.1 Å². The number of alkyl halides is 4. The Morgan fingerprint density at radius 3 is 2.65 bits per heavy atom. The van der Waals surface area contributed by atoms with Crippen molar-refractivity contribution in [1.29, 1.82) is 0 Å². The van der Waals surface area contributed by atoms with Crippen molar-refractivity contribution in [2.75, 3.05) is 13.1 Å². The SMILES string of the molecule is CC(C)C1CN(Cc2cnc(-c3cc(F)cnc3OC(F)F)s2)CC(CCC(F)F)(C(=O)O)C1. The largest absolute Gasteiger partial charge is 0.481 e. The summed E-state index contributed by atoms with van der Waals surface area (Å²) in [5.74, 6) is -2.14. The highest BCUT2D eigenvalue weighted by Crippen LogP contribution is 2.42. The van der Waals surface area contributed by atoms with Gasteiger partial charge in [-0.15, -0.1) is 11.3 Å². The van der Waals surface area contributed by atoms with E-state index >= 15 is 0 Å². The van der Waals surface area contributed by atoms with E-state index in [-0.39, 0.29) is 35.4 Å². The molecule has 34 heavy (non-hydrogen) atoms. The summed E-state index contributed by atoms with van der Waals surface area (Å²) in [7, 11) is 0. The van der Waals surface area contributed by atoms with Crippen LogP contribution in [0, 0.1) is 23.1 Å². The molecule has 3 heterocycles. The third-order valence-electron chi connectivity index (χ3n) is 6.09. The van der Waals surface area contributed by atoms with E-state index in [1.807, 2.05) is 18.7 Å². The molecular weight excluding hydrogens is 481 g/mol. The van der Waals surface area contributed by atoms with Crippen LogP contribution < -0.4 is 4.74 Å². The lowest BCUT2D eigenvalue weighted by Gasteiger charge is -2.45. The molecule has 188 valence electrons. The third-order valence-corrected chi connectivity index (χ3v) is 7.11.